The number of carbonyl (C=O) groups excluding carboxylic acids is 1. The number of nitrogens with zero attached hydrogens (tertiary/aromatic N) is 2. The first kappa shape index (κ1) is 9.37. The van der Waals surface area contributed by atoms with Gasteiger partial charge in [-0.2, -0.15) is 5.10 Å². The van der Waals surface area contributed by atoms with Crippen LogP contribution in [0.3, 0.4) is 0 Å². The number of fused-ring (bicyclic) bond motifs is 1. The average molecular weight is 196 g/mol. The third-order valence-corrected chi connectivity index (χ3v) is 2.89. The second-order valence-corrected chi connectivity index (χ2v) is 4.00. The molecule has 1 aliphatic rings. The molecule has 1 unspecified atom stereocenters. The van der Waals surface area contributed by atoms with Crippen molar-refractivity contribution in [2.24, 2.45) is 7.05 Å². The van der Waals surface area contributed by atoms with Crippen molar-refractivity contribution in [3.8, 4) is 0 Å². The van der Waals surface area contributed by atoms with Crippen molar-refractivity contribution in [1.82, 2.24) is 9.78 Å². The summed E-state index contributed by atoms with van der Waals surface area (Å²) < 4.78 is 15.7. The highest BCUT2D eigenvalue weighted by molar-refractivity contribution is 5.75. The van der Waals surface area contributed by atoms with Crippen molar-refractivity contribution in [3.63, 3.8) is 0 Å². The van der Waals surface area contributed by atoms with Crippen LogP contribution in [0.15, 0.2) is 0 Å². The molecule has 0 radical (unpaired) electrons. The Balaban J connectivity index is 2.65. The first-order chi connectivity index (χ1) is 6.56. The number of hydrogen-bond acceptors (Lipinski definition) is 2. The first-order valence-electron chi connectivity index (χ1n) is 4.76. The summed E-state index contributed by atoms with van der Waals surface area (Å²) in [5.74, 6) is 0. The van der Waals surface area contributed by atoms with Gasteiger partial charge < -0.3 is 0 Å². The lowest BCUT2D eigenvalue weighted by molar-refractivity contribution is 0.110. The fraction of sp³-hybridized carbons (Fsp3) is 0.600. The molecule has 0 aromatic carbocycles. The van der Waals surface area contributed by atoms with Gasteiger partial charge in [0.2, 0.25) is 0 Å². The van der Waals surface area contributed by atoms with Crippen molar-refractivity contribution >= 4 is 6.29 Å². The van der Waals surface area contributed by atoms with E-state index in [-0.39, 0.29) is 5.69 Å². The molecule has 0 amide bonds. The molecule has 0 aliphatic heterocycles. The molecule has 0 saturated heterocycles. The molecule has 1 aromatic heterocycles. The van der Waals surface area contributed by atoms with Gasteiger partial charge in [0.25, 0.3) is 0 Å². The van der Waals surface area contributed by atoms with Gasteiger partial charge in [-0.15, -0.1) is 0 Å². The van der Waals surface area contributed by atoms with Crippen LogP contribution in [0, 0.1) is 0 Å². The van der Waals surface area contributed by atoms with Gasteiger partial charge >= 0.3 is 0 Å². The summed E-state index contributed by atoms with van der Waals surface area (Å²) >= 11 is 0. The van der Waals surface area contributed by atoms with E-state index >= 15 is 0 Å². The maximum atomic E-state index is 14.1. The standard InChI is InChI=1S/C10H13FN2O/c1-10(11)5-3-4-8-9(10)7(6-14)12-13(8)2/h6H,3-5H2,1-2H3. The molecule has 1 aliphatic carbocycles. The summed E-state index contributed by atoms with van der Waals surface area (Å²) in [6.45, 7) is 1.53. The van der Waals surface area contributed by atoms with E-state index in [1.807, 2.05) is 0 Å². The maximum absolute atomic E-state index is 14.1. The van der Waals surface area contributed by atoms with E-state index in [1.54, 1.807) is 11.7 Å². The lowest BCUT2D eigenvalue weighted by Gasteiger charge is -2.26. The Morgan fingerprint density at radius 2 is 2.36 bits per heavy atom. The predicted molar refractivity (Wildman–Crippen MR) is 50.0 cm³/mol. The zero-order valence-corrected chi connectivity index (χ0v) is 8.38. The van der Waals surface area contributed by atoms with Gasteiger partial charge in [-0.1, -0.05) is 0 Å². The molecule has 2 rings (SSSR count). The zero-order chi connectivity index (χ0) is 10.3. The second-order valence-electron chi connectivity index (χ2n) is 4.00. The molecular weight excluding hydrogens is 183 g/mol. The number of aldehydes is 1. The van der Waals surface area contributed by atoms with E-state index in [9.17, 15) is 9.18 Å². The molecule has 3 nitrogen and oxygen atoms in total. The Hall–Kier alpha value is -1.19. The molecule has 0 spiro atoms. The van der Waals surface area contributed by atoms with Crippen LogP contribution in [0.2, 0.25) is 0 Å². The number of halogens is 1. The Bertz CT molecular complexity index is 382. The minimum Gasteiger partial charge on any atom is -0.296 e. The van der Waals surface area contributed by atoms with E-state index in [2.05, 4.69) is 5.10 Å². The van der Waals surface area contributed by atoms with Crippen LogP contribution in [0.5, 0.6) is 0 Å². The van der Waals surface area contributed by atoms with Gasteiger partial charge in [0, 0.05) is 18.3 Å². The molecule has 76 valence electrons. The van der Waals surface area contributed by atoms with Crippen LogP contribution < -0.4 is 0 Å². The second kappa shape index (κ2) is 2.90. The molecule has 4 heteroatoms. The highest BCUT2D eigenvalue weighted by Crippen LogP contribution is 2.39. The van der Waals surface area contributed by atoms with E-state index in [0.29, 0.717) is 18.3 Å². The minimum absolute atomic E-state index is 0.257. The normalized spacial score (nSPS) is 25.9. The van der Waals surface area contributed by atoms with Gasteiger partial charge in [-0.3, -0.25) is 9.48 Å². The monoisotopic (exact) mass is 196 g/mol. The third kappa shape index (κ3) is 1.17. The van der Waals surface area contributed by atoms with Gasteiger partial charge in [0.1, 0.15) is 11.4 Å². The Labute approximate surface area is 81.9 Å². The molecule has 0 bridgehead atoms. The van der Waals surface area contributed by atoms with Crippen LogP contribution in [0.1, 0.15) is 41.5 Å². The predicted octanol–water partition coefficient (Wildman–Crippen LogP) is 1.75. The highest BCUT2D eigenvalue weighted by Gasteiger charge is 2.37. The van der Waals surface area contributed by atoms with E-state index < -0.39 is 5.67 Å². The Kier molecular flexibility index (Phi) is 1.94. The maximum Gasteiger partial charge on any atom is 0.170 e. The fourth-order valence-corrected chi connectivity index (χ4v) is 2.23. The summed E-state index contributed by atoms with van der Waals surface area (Å²) in [6.07, 6.45) is 2.75. The van der Waals surface area contributed by atoms with Crippen LogP contribution in [0.25, 0.3) is 0 Å². The van der Waals surface area contributed by atoms with E-state index in [0.717, 1.165) is 18.5 Å². The summed E-state index contributed by atoms with van der Waals surface area (Å²) in [4.78, 5) is 10.7. The Morgan fingerprint density at radius 3 is 3.00 bits per heavy atom. The first-order valence-corrected chi connectivity index (χ1v) is 4.76. The molecule has 1 atom stereocenters. The SMILES string of the molecule is Cn1nc(C=O)c2c1CCCC2(C)F. The molecule has 0 fully saturated rings. The molecule has 1 heterocycles. The fourth-order valence-electron chi connectivity index (χ4n) is 2.23. The zero-order valence-electron chi connectivity index (χ0n) is 8.38. The van der Waals surface area contributed by atoms with Crippen molar-refractivity contribution in [3.05, 3.63) is 17.0 Å². The van der Waals surface area contributed by atoms with Gasteiger partial charge in [0.05, 0.1) is 0 Å². The Morgan fingerprint density at radius 1 is 1.64 bits per heavy atom. The lowest BCUT2D eigenvalue weighted by atomic mass is 9.84. The number of aryl methyl sites for hydroxylation is 1. The largest absolute Gasteiger partial charge is 0.296 e. The number of rotatable bonds is 1. The average Bonchev–Trinajstić information content (AvgIpc) is 2.44. The van der Waals surface area contributed by atoms with Crippen molar-refractivity contribution in [2.45, 2.75) is 31.9 Å². The van der Waals surface area contributed by atoms with Crippen LogP contribution >= 0.6 is 0 Å². The van der Waals surface area contributed by atoms with E-state index in [1.165, 1.54) is 6.92 Å². The quantitative estimate of drug-likeness (QED) is 0.641. The summed E-state index contributed by atoms with van der Waals surface area (Å²) in [5, 5.41) is 4.01. The third-order valence-electron chi connectivity index (χ3n) is 2.89. The molecule has 0 N–H and O–H groups in total. The van der Waals surface area contributed by atoms with Crippen LogP contribution in [-0.2, 0) is 19.1 Å². The van der Waals surface area contributed by atoms with Crippen molar-refractivity contribution < 1.29 is 9.18 Å². The van der Waals surface area contributed by atoms with Gasteiger partial charge in [0.15, 0.2) is 6.29 Å². The number of hydrogen-bond donors (Lipinski definition) is 0. The number of carbonyl (C=O) groups is 1. The lowest BCUT2D eigenvalue weighted by Crippen LogP contribution is -2.23. The molecular formula is C10H13FN2O. The van der Waals surface area contributed by atoms with Gasteiger partial charge in [-0.25, -0.2) is 4.39 Å². The van der Waals surface area contributed by atoms with Gasteiger partial charge in [-0.05, 0) is 26.2 Å². The minimum atomic E-state index is -1.39. The van der Waals surface area contributed by atoms with Crippen molar-refractivity contribution in [1.29, 1.82) is 0 Å². The number of alkyl halides is 1. The van der Waals surface area contributed by atoms with E-state index in [4.69, 9.17) is 0 Å². The molecule has 1 aromatic rings. The molecule has 14 heavy (non-hydrogen) atoms. The molecule has 0 saturated carbocycles. The van der Waals surface area contributed by atoms with Crippen LogP contribution in [0.4, 0.5) is 4.39 Å². The number of aromatic nitrogens is 2. The van der Waals surface area contributed by atoms with Crippen molar-refractivity contribution in [2.75, 3.05) is 0 Å². The summed E-state index contributed by atoms with van der Waals surface area (Å²) in [5.41, 5.74) is 0.231. The van der Waals surface area contributed by atoms with Crippen LogP contribution in [-0.4, -0.2) is 16.1 Å². The highest BCUT2D eigenvalue weighted by atomic mass is 19.1. The summed E-state index contributed by atoms with van der Waals surface area (Å²) in [6, 6.07) is 0. The smallest absolute Gasteiger partial charge is 0.170 e. The summed E-state index contributed by atoms with van der Waals surface area (Å²) in [7, 11) is 1.76. The topological polar surface area (TPSA) is 34.9 Å².